The van der Waals surface area contributed by atoms with Gasteiger partial charge in [0.05, 0.1) is 6.61 Å². The van der Waals surface area contributed by atoms with Gasteiger partial charge in [-0.3, -0.25) is 18.9 Å². The van der Waals surface area contributed by atoms with Crippen LogP contribution in [0.5, 0.6) is 0 Å². The maximum absolute atomic E-state index is 11.6. The van der Waals surface area contributed by atoms with Crippen LogP contribution in [0.25, 0.3) is 0 Å². The Kier molecular flexibility index (Phi) is 4.23. The molecule has 1 unspecified atom stereocenters. The topological polar surface area (TPSA) is 151 Å². The number of aromatic amines is 1. The van der Waals surface area contributed by atoms with Gasteiger partial charge in [-0.05, 0) is 0 Å². The first-order valence-electron chi connectivity index (χ1n) is 5.62. The normalized spacial score (nSPS) is 26.9. The second-order valence-corrected chi connectivity index (χ2v) is 5.39. The lowest BCUT2D eigenvalue weighted by Gasteiger charge is -2.16. The van der Waals surface area contributed by atoms with E-state index in [1.54, 1.807) is 0 Å². The van der Waals surface area contributed by atoms with Gasteiger partial charge in [0.25, 0.3) is 5.56 Å². The molecular weight excluding hydrogens is 295 g/mol. The summed E-state index contributed by atoms with van der Waals surface area (Å²) >= 11 is 0. The van der Waals surface area contributed by atoms with Crippen molar-refractivity contribution in [3.05, 3.63) is 33.1 Å². The molecular formula is C9H13N2O8P. The molecule has 1 aromatic heterocycles. The van der Waals surface area contributed by atoms with E-state index in [9.17, 15) is 14.2 Å². The van der Waals surface area contributed by atoms with Gasteiger partial charge in [0.15, 0.2) is 0 Å². The molecule has 0 bridgehead atoms. The Morgan fingerprint density at radius 1 is 1.50 bits per heavy atom. The number of aromatic nitrogens is 2. The first-order valence-corrected chi connectivity index (χ1v) is 7.15. The van der Waals surface area contributed by atoms with Gasteiger partial charge in [-0.15, -0.1) is 0 Å². The molecule has 2 rings (SSSR count). The fourth-order valence-corrected chi connectivity index (χ4v) is 2.55. The third-order valence-electron chi connectivity index (χ3n) is 2.79. The summed E-state index contributed by atoms with van der Waals surface area (Å²) in [6.07, 6.45) is -1.80. The van der Waals surface area contributed by atoms with Gasteiger partial charge in [0, 0.05) is 18.7 Å². The van der Waals surface area contributed by atoms with Crippen molar-refractivity contribution in [3.63, 3.8) is 0 Å². The summed E-state index contributed by atoms with van der Waals surface area (Å²) in [6, 6.07) is 1.11. The lowest BCUT2D eigenvalue weighted by Crippen LogP contribution is -2.31. The van der Waals surface area contributed by atoms with E-state index in [1.165, 1.54) is 6.20 Å². The number of H-pyrrole nitrogens is 1. The van der Waals surface area contributed by atoms with E-state index in [2.05, 4.69) is 4.52 Å². The molecule has 0 spiro atoms. The fraction of sp³-hybridized carbons (Fsp3) is 0.556. The van der Waals surface area contributed by atoms with Crippen molar-refractivity contribution in [3.8, 4) is 0 Å². The summed E-state index contributed by atoms with van der Waals surface area (Å²) in [6.45, 7) is -0.529. The van der Waals surface area contributed by atoms with Crippen LogP contribution in [0.4, 0.5) is 0 Å². The Balaban J connectivity index is 2.22. The molecule has 2 heterocycles. The van der Waals surface area contributed by atoms with Crippen molar-refractivity contribution in [2.24, 2.45) is 0 Å². The Bertz CT molecular complexity index is 633. The summed E-state index contributed by atoms with van der Waals surface area (Å²) in [5.41, 5.74) is -1.30. The number of ether oxygens (including phenoxy) is 1. The maximum atomic E-state index is 11.6. The Labute approximate surface area is 111 Å². The van der Waals surface area contributed by atoms with Crippen LogP contribution in [0.2, 0.25) is 0 Å². The molecule has 0 radical (unpaired) electrons. The molecule has 0 saturated carbocycles. The van der Waals surface area contributed by atoms with E-state index in [-0.39, 0.29) is 6.42 Å². The minimum absolute atomic E-state index is 0.0533. The van der Waals surface area contributed by atoms with Crippen LogP contribution in [0.15, 0.2) is 21.9 Å². The van der Waals surface area contributed by atoms with Gasteiger partial charge < -0.3 is 19.6 Å². The van der Waals surface area contributed by atoms with Crippen LogP contribution in [-0.4, -0.2) is 43.3 Å². The largest absolute Gasteiger partial charge is 0.469 e. The standard InChI is InChI=1S/C9H13N2O8P/c12-4-6-5(19-20(15,16)17)3-8(18-6)11-2-1-7(13)10-9(11)14/h1-2,5-6,8,12H,3-4H2,(H,10,13,14)(H2,15,16,17)/t5-,6?,8-/m1/s1. The Hall–Kier alpha value is -1.29. The van der Waals surface area contributed by atoms with E-state index in [1.807, 2.05) is 4.98 Å². The summed E-state index contributed by atoms with van der Waals surface area (Å²) < 4.78 is 21.7. The highest BCUT2D eigenvalue weighted by molar-refractivity contribution is 7.46. The minimum Gasteiger partial charge on any atom is -0.394 e. The summed E-state index contributed by atoms with van der Waals surface area (Å²) in [5, 5.41) is 9.11. The van der Waals surface area contributed by atoms with Crippen molar-refractivity contribution in [2.45, 2.75) is 24.9 Å². The number of nitrogens with one attached hydrogen (secondary N) is 1. The molecule has 1 aromatic rings. The quantitative estimate of drug-likeness (QED) is 0.480. The van der Waals surface area contributed by atoms with Gasteiger partial charge in [0.2, 0.25) is 0 Å². The smallest absolute Gasteiger partial charge is 0.394 e. The van der Waals surface area contributed by atoms with Crippen molar-refractivity contribution < 1.29 is 28.7 Å². The second-order valence-electron chi connectivity index (χ2n) is 4.20. The van der Waals surface area contributed by atoms with E-state index in [4.69, 9.17) is 19.6 Å². The monoisotopic (exact) mass is 308 g/mol. The molecule has 0 aromatic carbocycles. The lowest BCUT2D eigenvalue weighted by atomic mass is 10.2. The minimum atomic E-state index is -4.74. The maximum Gasteiger partial charge on any atom is 0.469 e. The van der Waals surface area contributed by atoms with Crippen molar-refractivity contribution >= 4 is 7.82 Å². The third-order valence-corrected chi connectivity index (χ3v) is 3.34. The molecule has 1 aliphatic heterocycles. The van der Waals surface area contributed by atoms with Gasteiger partial charge in [-0.25, -0.2) is 9.36 Å². The third kappa shape index (κ3) is 3.42. The van der Waals surface area contributed by atoms with Crippen LogP contribution in [0, 0.1) is 0 Å². The summed E-state index contributed by atoms with van der Waals surface area (Å²) in [7, 11) is -4.74. The number of aliphatic hydroxyl groups excluding tert-OH is 1. The molecule has 3 atom stereocenters. The van der Waals surface area contributed by atoms with E-state index in [0.29, 0.717) is 0 Å². The van der Waals surface area contributed by atoms with E-state index < -0.39 is 44.1 Å². The first kappa shape index (κ1) is 15.1. The van der Waals surface area contributed by atoms with Crippen LogP contribution >= 0.6 is 7.82 Å². The molecule has 4 N–H and O–H groups in total. The molecule has 1 fully saturated rings. The number of hydrogen-bond acceptors (Lipinski definition) is 6. The van der Waals surface area contributed by atoms with Gasteiger partial charge in [0.1, 0.15) is 18.4 Å². The van der Waals surface area contributed by atoms with Crippen LogP contribution in [0.1, 0.15) is 12.6 Å². The molecule has 20 heavy (non-hydrogen) atoms. The molecule has 112 valence electrons. The van der Waals surface area contributed by atoms with Gasteiger partial charge >= 0.3 is 13.5 Å². The molecule has 0 amide bonds. The highest BCUT2D eigenvalue weighted by atomic mass is 31.2. The van der Waals surface area contributed by atoms with Crippen molar-refractivity contribution in [2.75, 3.05) is 6.61 Å². The molecule has 1 saturated heterocycles. The summed E-state index contributed by atoms with van der Waals surface area (Å²) in [4.78, 5) is 42.1. The van der Waals surface area contributed by atoms with Gasteiger partial charge in [-0.1, -0.05) is 0 Å². The number of rotatable bonds is 4. The van der Waals surface area contributed by atoms with E-state index in [0.717, 1.165) is 10.6 Å². The van der Waals surface area contributed by atoms with Crippen LogP contribution < -0.4 is 11.2 Å². The van der Waals surface area contributed by atoms with Gasteiger partial charge in [-0.2, -0.15) is 0 Å². The van der Waals surface area contributed by atoms with E-state index >= 15 is 0 Å². The Morgan fingerprint density at radius 2 is 2.20 bits per heavy atom. The number of hydrogen-bond donors (Lipinski definition) is 4. The average Bonchev–Trinajstić information content (AvgIpc) is 2.69. The molecule has 0 aliphatic carbocycles. The molecule has 1 aliphatic rings. The number of phosphoric acid groups is 1. The fourth-order valence-electron chi connectivity index (χ4n) is 1.98. The second kappa shape index (κ2) is 5.60. The number of nitrogens with zero attached hydrogens (tertiary/aromatic N) is 1. The highest BCUT2D eigenvalue weighted by Gasteiger charge is 2.40. The van der Waals surface area contributed by atoms with Crippen LogP contribution in [0.3, 0.4) is 0 Å². The predicted octanol–water partition coefficient (Wildman–Crippen LogP) is -1.71. The predicted molar refractivity (Wildman–Crippen MR) is 63.9 cm³/mol. The average molecular weight is 308 g/mol. The molecule has 10 nitrogen and oxygen atoms in total. The lowest BCUT2D eigenvalue weighted by molar-refractivity contribution is -0.0452. The first-order chi connectivity index (χ1) is 9.30. The zero-order valence-corrected chi connectivity index (χ0v) is 11.0. The summed E-state index contributed by atoms with van der Waals surface area (Å²) in [5.74, 6) is 0. The zero-order valence-electron chi connectivity index (χ0n) is 10.1. The van der Waals surface area contributed by atoms with Crippen molar-refractivity contribution in [1.29, 1.82) is 0 Å². The SMILES string of the molecule is O=c1ccn([C@H]2C[C@@H](OP(=O)(O)O)C(CO)O2)c(=O)[nH]1. The zero-order chi connectivity index (χ0) is 14.9. The van der Waals surface area contributed by atoms with Crippen molar-refractivity contribution in [1.82, 2.24) is 9.55 Å². The highest BCUT2D eigenvalue weighted by Crippen LogP contribution is 2.43. The molecule has 11 heteroatoms. The van der Waals surface area contributed by atoms with Crippen LogP contribution in [-0.2, 0) is 13.8 Å². The Morgan fingerprint density at radius 3 is 2.75 bits per heavy atom. The number of aliphatic hydroxyl groups is 1. The number of phosphoric ester groups is 1.